The van der Waals surface area contributed by atoms with E-state index in [1.807, 2.05) is 10.9 Å². The van der Waals surface area contributed by atoms with Crippen molar-refractivity contribution < 1.29 is 4.43 Å². The van der Waals surface area contributed by atoms with Crippen LogP contribution in [0.4, 0.5) is 0 Å². The number of rotatable bonds is 13. The van der Waals surface area contributed by atoms with Gasteiger partial charge < -0.3 is 4.43 Å². The van der Waals surface area contributed by atoms with Gasteiger partial charge in [0.15, 0.2) is 0 Å². The molecule has 0 aliphatic rings. The Morgan fingerprint density at radius 1 is 1.00 bits per heavy atom. The van der Waals surface area contributed by atoms with Gasteiger partial charge in [0.2, 0.25) is 8.32 Å². The van der Waals surface area contributed by atoms with Crippen molar-refractivity contribution in [3.05, 3.63) is 12.4 Å². The van der Waals surface area contributed by atoms with Crippen LogP contribution in [0.2, 0.25) is 13.1 Å². The predicted octanol–water partition coefficient (Wildman–Crippen LogP) is 5.52. The fourth-order valence-electron chi connectivity index (χ4n) is 3.34. The van der Waals surface area contributed by atoms with Crippen molar-refractivity contribution in [1.82, 2.24) is 15.0 Å². The van der Waals surface area contributed by atoms with Gasteiger partial charge in [0.25, 0.3) is 0 Å². The lowest BCUT2D eigenvalue weighted by Crippen LogP contribution is -2.44. The Bertz CT molecular complexity index is 393. The Morgan fingerprint density at radius 3 is 2.13 bits per heavy atom. The van der Waals surface area contributed by atoms with Crippen molar-refractivity contribution in [2.45, 2.75) is 103 Å². The second-order valence-electron chi connectivity index (χ2n) is 7.43. The summed E-state index contributed by atoms with van der Waals surface area (Å²) >= 11 is 0. The molecule has 1 aromatic rings. The van der Waals surface area contributed by atoms with Crippen LogP contribution >= 0.6 is 0 Å². The number of unbranched alkanes of at least 4 members (excludes halogenated alkanes) is 7. The topological polar surface area (TPSA) is 39.9 Å². The smallest absolute Gasteiger partial charge is 0.211 e. The summed E-state index contributed by atoms with van der Waals surface area (Å²) in [5.74, 6) is 0. The highest BCUT2D eigenvalue weighted by Gasteiger charge is 2.36. The molecular formula is C18H37N3OSi. The maximum atomic E-state index is 6.30. The zero-order chi connectivity index (χ0) is 17.1. The predicted molar refractivity (Wildman–Crippen MR) is 100.0 cm³/mol. The Balaban J connectivity index is 2.40. The van der Waals surface area contributed by atoms with E-state index in [-0.39, 0.29) is 6.10 Å². The van der Waals surface area contributed by atoms with E-state index in [9.17, 15) is 0 Å². The molecule has 0 spiro atoms. The molecule has 4 nitrogen and oxygen atoms in total. The van der Waals surface area contributed by atoms with E-state index in [1.165, 1.54) is 51.4 Å². The van der Waals surface area contributed by atoms with Gasteiger partial charge in [-0.25, -0.2) is 4.68 Å². The maximum absolute atomic E-state index is 6.30. The Morgan fingerprint density at radius 2 is 1.61 bits per heavy atom. The van der Waals surface area contributed by atoms with Crippen molar-refractivity contribution in [3.63, 3.8) is 0 Å². The molecule has 0 radical (unpaired) electrons. The lowest BCUT2D eigenvalue weighted by Gasteiger charge is -2.33. The third-order valence-electron chi connectivity index (χ3n) is 4.43. The highest BCUT2D eigenvalue weighted by molar-refractivity contribution is 6.71. The van der Waals surface area contributed by atoms with Gasteiger partial charge >= 0.3 is 0 Å². The molecule has 1 unspecified atom stereocenters. The first-order valence-corrected chi connectivity index (χ1v) is 12.5. The van der Waals surface area contributed by atoms with Gasteiger partial charge in [0.1, 0.15) is 0 Å². The summed E-state index contributed by atoms with van der Waals surface area (Å²) in [6, 6.07) is 0. The van der Waals surface area contributed by atoms with E-state index in [0.717, 1.165) is 6.42 Å². The summed E-state index contributed by atoms with van der Waals surface area (Å²) in [5, 5.41) is 8.26. The Hall–Kier alpha value is -0.683. The zero-order valence-electron chi connectivity index (χ0n) is 15.9. The van der Waals surface area contributed by atoms with Gasteiger partial charge in [0, 0.05) is 12.3 Å². The highest BCUT2D eigenvalue weighted by atomic mass is 28.4. The average Bonchev–Trinajstić information content (AvgIpc) is 2.97. The quantitative estimate of drug-likeness (QED) is 0.351. The molecule has 5 heteroatoms. The molecule has 1 rings (SSSR count). The first-order chi connectivity index (χ1) is 11.0. The van der Waals surface area contributed by atoms with E-state index >= 15 is 0 Å². The molecule has 0 aromatic carbocycles. The number of aromatic nitrogens is 3. The largest absolute Gasteiger partial charge is 0.413 e. The van der Waals surface area contributed by atoms with Crippen LogP contribution in [-0.2, 0) is 4.43 Å². The molecule has 0 fully saturated rings. The monoisotopic (exact) mass is 339 g/mol. The number of hydrogen-bond donors (Lipinski definition) is 0. The third-order valence-corrected chi connectivity index (χ3v) is 7.67. The fourth-order valence-corrected chi connectivity index (χ4v) is 6.39. The Kier molecular flexibility index (Phi) is 9.71. The van der Waals surface area contributed by atoms with E-state index in [2.05, 4.69) is 44.2 Å². The van der Waals surface area contributed by atoms with Gasteiger partial charge in [-0.05, 0) is 33.4 Å². The normalized spacial score (nSPS) is 13.7. The molecule has 0 saturated carbocycles. The number of hydrogen-bond acceptors (Lipinski definition) is 3. The van der Waals surface area contributed by atoms with Crippen LogP contribution < -0.4 is 0 Å². The number of nitrogens with zero attached hydrogens (tertiary/aromatic N) is 3. The SMILES string of the molecule is CCCCCCCCCCC(n1ccnn1)[Si](C)(C)OC(C)C. The molecule has 0 aliphatic heterocycles. The maximum Gasteiger partial charge on any atom is 0.211 e. The second kappa shape index (κ2) is 11.0. The van der Waals surface area contributed by atoms with Crippen LogP contribution in [0.1, 0.15) is 84.2 Å². The van der Waals surface area contributed by atoms with Crippen LogP contribution in [0.25, 0.3) is 0 Å². The van der Waals surface area contributed by atoms with Gasteiger partial charge in [-0.15, -0.1) is 5.10 Å². The van der Waals surface area contributed by atoms with Crippen molar-refractivity contribution in [1.29, 1.82) is 0 Å². The summed E-state index contributed by atoms with van der Waals surface area (Å²) in [6.45, 7) is 11.1. The molecule has 0 bridgehead atoms. The van der Waals surface area contributed by atoms with Crippen molar-refractivity contribution in [2.75, 3.05) is 0 Å². The van der Waals surface area contributed by atoms with Crippen LogP contribution in [0.5, 0.6) is 0 Å². The summed E-state index contributed by atoms with van der Waals surface area (Å²) in [7, 11) is -1.83. The molecule has 23 heavy (non-hydrogen) atoms. The van der Waals surface area contributed by atoms with E-state index in [4.69, 9.17) is 4.43 Å². The summed E-state index contributed by atoms with van der Waals surface area (Å²) in [5.41, 5.74) is 0.382. The lowest BCUT2D eigenvalue weighted by atomic mass is 10.1. The van der Waals surface area contributed by atoms with E-state index < -0.39 is 8.32 Å². The summed E-state index contributed by atoms with van der Waals surface area (Å²) < 4.78 is 8.33. The molecule has 1 heterocycles. The van der Waals surface area contributed by atoms with Gasteiger partial charge in [-0.1, -0.05) is 63.5 Å². The second-order valence-corrected chi connectivity index (χ2v) is 11.5. The molecule has 0 amide bonds. The summed E-state index contributed by atoms with van der Waals surface area (Å²) in [4.78, 5) is 0. The van der Waals surface area contributed by atoms with E-state index in [0.29, 0.717) is 5.67 Å². The van der Waals surface area contributed by atoms with Gasteiger partial charge in [-0.2, -0.15) is 0 Å². The molecule has 134 valence electrons. The van der Waals surface area contributed by atoms with E-state index in [1.54, 1.807) is 6.20 Å². The minimum absolute atomic E-state index is 0.279. The third kappa shape index (κ3) is 8.11. The molecule has 0 aliphatic carbocycles. The van der Waals surface area contributed by atoms with Crippen LogP contribution in [0.15, 0.2) is 12.4 Å². The van der Waals surface area contributed by atoms with Crippen molar-refractivity contribution in [3.8, 4) is 0 Å². The van der Waals surface area contributed by atoms with Crippen LogP contribution in [0, 0.1) is 0 Å². The molecule has 1 atom stereocenters. The lowest BCUT2D eigenvalue weighted by molar-refractivity contribution is 0.214. The fraction of sp³-hybridized carbons (Fsp3) is 0.889. The first-order valence-electron chi connectivity index (χ1n) is 9.51. The minimum Gasteiger partial charge on any atom is -0.413 e. The molecular weight excluding hydrogens is 302 g/mol. The standard InChI is InChI=1S/C18H37N3OSi/c1-6-7-8-9-10-11-12-13-14-18(21-16-15-19-20-21)23(4,5)22-17(2)3/h15-18H,6-14H2,1-5H3. The average molecular weight is 340 g/mol. The first kappa shape index (κ1) is 20.4. The molecule has 1 aromatic heterocycles. The molecule has 0 saturated heterocycles. The summed E-state index contributed by atoms with van der Waals surface area (Å²) in [6.07, 6.45) is 16.1. The minimum atomic E-state index is -1.83. The van der Waals surface area contributed by atoms with Crippen molar-refractivity contribution >= 4 is 8.32 Å². The highest BCUT2D eigenvalue weighted by Crippen LogP contribution is 2.28. The van der Waals surface area contributed by atoms with Gasteiger partial charge in [-0.3, -0.25) is 0 Å². The van der Waals surface area contributed by atoms with Crippen LogP contribution in [-0.4, -0.2) is 29.4 Å². The Labute approximate surface area is 144 Å². The molecule has 0 N–H and O–H groups in total. The van der Waals surface area contributed by atoms with Gasteiger partial charge in [0.05, 0.1) is 11.9 Å². The zero-order valence-corrected chi connectivity index (χ0v) is 16.9. The van der Waals surface area contributed by atoms with Crippen LogP contribution in [0.3, 0.4) is 0 Å². The van der Waals surface area contributed by atoms with Crippen molar-refractivity contribution in [2.24, 2.45) is 0 Å².